The maximum atomic E-state index is 12.7. The monoisotopic (exact) mass is 557 g/mol. The van der Waals surface area contributed by atoms with Crippen molar-refractivity contribution in [3.05, 3.63) is 83.2 Å². The first-order valence-electron chi connectivity index (χ1n) is 12.9. The molecule has 1 unspecified atom stereocenters. The van der Waals surface area contributed by atoms with Crippen LogP contribution in [-0.2, 0) is 11.3 Å². The second-order valence-corrected chi connectivity index (χ2v) is 11.4. The van der Waals surface area contributed by atoms with Crippen molar-refractivity contribution in [2.24, 2.45) is 0 Å². The molecule has 39 heavy (non-hydrogen) atoms. The van der Waals surface area contributed by atoms with Crippen LogP contribution in [0.1, 0.15) is 42.5 Å². The number of nitrogens with one attached hydrogen (secondary N) is 1. The Morgan fingerprint density at radius 2 is 1.87 bits per heavy atom. The summed E-state index contributed by atoms with van der Waals surface area (Å²) in [5.74, 6) is 1.70. The highest BCUT2D eigenvalue weighted by molar-refractivity contribution is 7.99. The van der Waals surface area contributed by atoms with Crippen LogP contribution in [-0.4, -0.2) is 31.4 Å². The number of aromatic nitrogens is 4. The van der Waals surface area contributed by atoms with E-state index in [1.807, 2.05) is 54.8 Å². The predicted octanol–water partition coefficient (Wildman–Crippen LogP) is 7.37. The predicted molar refractivity (Wildman–Crippen MR) is 160 cm³/mol. The number of thiazole rings is 1. The topological polar surface area (TPSA) is 81.9 Å². The molecule has 0 aliphatic heterocycles. The lowest BCUT2D eigenvalue weighted by Crippen LogP contribution is -2.15. The molecule has 0 aliphatic rings. The number of nitrogens with zero attached hydrogens (tertiary/aromatic N) is 4. The number of ether oxygens (including phenoxy) is 1. The Kier molecular flexibility index (Phi) is 7.99. The minimum atomic E-state index is -0.279. The molecule has 5 aromatic rings. The average molecular weight is 558 g/mol. The number of amides is 1. The molecule has 2 aromatic heterocycles. The van der Waals surface area contributed by atoms with E-state index in [9.17, 15) is 4.79 Å². The van der Waals surface area contributed by atoms with Gasteiger partial charge in [0, 0.05) is 17.8 Å². The molecule has 0 saturated heterocycles. The zero-order valence-electron chi connectivity index (χ0n) is 22.7. The van der Waals surface area contributed by atoms with Gasteiger partial charge in [-0.1, -0.05) is 30.0 Å². The van der Waals surface area contributed by atoms with E-state index in [0.29, 0.717) is 11.7 Å². The molecule has 2 heterocycles. The number of carbonyl (C=O) groups excluding carboxylic acids is 1. The molecule has 0 radical (unpaired) electrons. The van der Waals surface area contributed by atoms with Gasteiger partial charge in [-0.05, 0) is 93.8 Å². The van der Waals surface area contributed by atoms with Gasteiger partial charge in [0.15, 0.2) is 17.1 Å². The quantitative estimate of drug-likeness (QED) is 0.191. The van der Waals surface area contributed by atoms with E-state index < -0.39 is 0 Å². The molecule has 200 valence electrons. The van der Waals surface area contributed by atoms with Crippen molar-refractivity contribution in [1.82, 2.24) is 19.7 Å². The molecular weight excluding hydrogens is 526 g/mol. The largest absolute Gasteiger partial charge is 0.482 e. The van der Waals surface area contributed by atoms with Crippen LogP contribution in [0, 0.1) is 20.8 Å². The van der Waals surface area contributed by atoms with Crippen LogP contribution in [0.25, 0.3) is 20.8 Å². The van der Waals surface area contributed by atoms with Gasteiger partial charge in [0.1, 0.15) is 10.8 Å². The summed E-state index contributed by atoms with van der Waals surface area (Å²) in [4.78, 5) is 17.5. The first-order valence-corrected chi connectivity index (χ1v) is 14.7. The lowest BCUT2D eigenvalue weighted by Gasteiger charge is -2.17. The van der Waals surface area contributed by atoms with E-state index in [1.54, 1.807) is 11.3 Å². The van der Waals surface area contributed by atoms with Gasteiger partial charge in [0.05, 0.1) is 16.0 Å². The number of hydrogen-bond donors (Lipinski definition) is 1. The summed E-state index contributed by atoms with van der Waals surface area (Å²) >= 11 is 3.04. The first kappa shape index (κ1) is 26.9. The van der Waals surface area contributed by atoms with Gasteiger partial charge in [-0.2, -0.15) is 0 Å². The van der Waals surface area contributed by atoms with E-state index in [4.69, 9.17) is 9.72 Å². The second kappa shape index (κ2) is 11.6. The summed E-state index contributed by atoms with van der Waals surface area (Å²) < 4.78 is 9.40. The van der Waals surface area contributed by atoms with Crippen LogP contribution < -0.4 is 10.1 Å². The fraction of sp³-hybridized carbons (Fsp3) is 0.267. The molecule has 0 bridgehead atoms. The molecule has 7 nitrogen and oxygen atoms in total. The fourth-order valence-corrected chi connectivity index (χ4v) is 6.16. The highest BCUT2D eigenvalue weighted by Gasteiger charge is 2.20. The molecule has 1 N–H and O–H groups in total. The van der Waals surface area contributed by atoms with Crippen molar-refractivity contribution >= 4 is 44.9 Å². The number of rotatable bonds is 9. The van der Waals surface area contributed by atoms with Crippen LogP contribution >= 0.6 is 23.1 Å². The van der Waals surface area contributed by atoms with E-state index in [1.165, 1.54) is 27.6 Å². The summed E-state index contributed by atoms with van der Waals surface area (Å²) in [6, 6.07) is 20.1. The number of hydrogen-bond acceptors (Lipinski definition) is 7. The van der Waals surface area contributed by atoms with E-state index in [2.05, 4.69) is 60.6 Å². The lowest BCUT2D eigenvalue weighted by molar-refractivity contribution is -0.113. The molecule has 1 atom stereocenters. The van der Waals surface area contributed by atoms with Crippen molar-refractivity contribution in [3.63, 3.8) is 0 Å². The fourth-order valence-electron chi connectivity index (χ4n) is 4.28. The number of fused-ring (bicyclic) bond motifs is 1. The summed E-state index contributed by atoms with van der Waals surface area (Å²) in [5, 5.41) is 13.4. The number of anilines is 1. The number of benzene rings is 3. The number of thioether (sulfide) groups is 1. The van der Waals surface area contributed by atoms with Gasteiger partial charge in [0.2, 0.25) is 5.91 Å². The molecular formula is C30H31N5O2S2. The molecule has 0 spiro atoms. The normalized spacial score (nSPS) is 12.0. The molecule has 9 heteroatoms. The van der Waals surface area contributed by atoms with Crippen molar-refractivity contribution in [2.45, 2.75) is 52.4 Å². The lowest BCUT2D eigenvalue weighted by atomic mass is 10.1. The molecule has 0 aliphatic carbocycles. The molecule has 0 fully saturated rings. The van der Waals surface area contributed by atoms with Crippen LogP contribution in [0.3, 0.4) is 0 Å². The zero-order valence-corrected chi connectivity index (χ0v) is 24.3. The Labute approximate surface area is 236 Å². The van der Waals surface area contributed by atoms with Gasteiger partial charge in [-0.3, -0.25) is 4.79 Å². The van der Waals surface area contributed by atoms with Crippen molar-refractivity contribution in [3.8, 4) is 16.3 Å². The third-order valence-electron chi connectivity index (χ3n) is 6.58. The molecule has 5 rings (SSSR count). The number of carbonyl (C=O) groups is 1. The highest BCUT2D eigenvalue weighted by Crippen LogP contribution is 2.32. The van der Waals surface area contributed by atoms with Crippen molar-refractivity contribution in [2.75, 3.05) is 11.1 Å². The van der Waals surface area contributed by atoms with Crippen LogP contribution in [0.2, 0.25) is 0 Å². The molecule has 0 saturated carbocycles. The van der Waals surface area contributed by atoms with Gasteiger partial charge in [0.25, 0.3) is 0 Å². The zero-order chi connectivity index (χ0) is 27.5. The maximum Gasteiger partial charge on any atom is 0.234 e. The third-order valence-corrected chi connectivity index (χ3v) is 8.61. The van der Waals surface area contributed by atoms with E-state index in [-0.39, 0.29) is 17.8 Å². The smallest absolute Gasteiger partial charge is 0.234 e. The molecule has 3 aromatic carbocycles. The van der Waals surface area contributed by atoms with E-state index >= 15 is 0 Å². The van der Waals surface area contributed by atoms with Crippen molar-refractivity contribution in [1.29, 1.82) is 0 Å². The Hall–Kier alpha value is -3.69. The third kappa shape index (κ3) is 5.99. The molecule has 1 amide bonds. The second-order valence-electron chi connectivity index (χ2n) is 9.45. The highest BCUT2D eigenvalue weighted by atomic mass is 32.2. The Morgan fingerprint density at radius 1 is 1.08 bits per heavy atom. The van der Waals surface area contributed by atoms with E-state index in [0.717, 1.165) is 38.9 Å². The summed E-state index contributed by atoms with van der Waals surface area (Å²) in [5.41, 5.74) is 6.30. The van der Waals surface area contributed by atoms with Gasteiger partial charge >= 0.3 is 0 Å². The first-order chi connectivity index (χ1) is 18.8. The minimum absolute atomic E-state index is 0.102. The summed E-state index contributed by atoms with van der Waals surface area (Å²) in [7, 11) is 0. The maximum absolute atomic E-state index is 12.7. The van der Waals surface area contributed by atoms with Crippen molar-refractivity contribution < 1.29 is 9.53 Å². The van der Waals surface area contributed by atoms with Crippen LogP contribution in [0.4, 0.5) is 5.69 Å². The summed E-state index contributed by atoms with van der Waals surface area (Å²) in [6.07, 6.45) is -0.279. The Morgan fingerprint density at radius 3 is 2.64 bits per heavy atom. The van der Waals surface area contributed by atoms with Crippen LogP contribution in [0.15, 0.2) is 65.8 Å². The van der Waals surface area contributed by atoms with Gasteiger partial charge in [-0.15, -0.1) is 21.5 Å². The number of aryl methyl sites for hydroxylation is 2. The van der Waals surface area contributed by atoms with Gasteiger partial charge in [-0.25, -0.2) is 4.98 Å². The van der Waals surface area contributed by atoms with Crippen LogP contribution in [0.5, 0.6) is 5.75 Å². The minimum Gasteiger partial charge on any atom is -0.482 e. The Bertz CT molecular complexity index is 1620. The standard InChI is InChI=1S/C30H31N5O2S2/c1-6-35-28(21(5)37-25-9-7-8-19(3)20(25)4)33-34-30(35)38-17-27(36)31-23-13-11-22(12-14-23)29-32-24-15-10-18(2)16-26(24)39-29/h7-16,21H,6,17H2,1-5H3,(H,31,36). The SMILES string of the molecule is CCn1c(SCC(=O)Nc2ccc(-c3nc4ccc(C)cc4s3)cc2)nnc1C(C)Oc1cccc(C)c1C. The summed E-state index contributed by atoms with van der Waals surface area (Å²) in [6.45, 7) is 10.9. The van der Waals surface area contributed by atoms with Gasteiger partial charge < -0.3 is 14.6 Å². The average Bonchev–Trinajstić information content (AvgIpc) is 3.54. The Balaban J connectivity index is 1.20.